The smallest absolute Gasteiger partial charge is 0.258 e. The molecule has 0 aromatic heterocycles. The summed E-state index contributed by atoms with van der Waals surface area (Å²) in [7, 11) is 3.63. The maximum absolute atomic E-state index is 12.2. The highest BCUT2D eigenvalue weighted by Crippen LogP contribution is 2.21. The Kier molecular flexibility index (Phi) is 8.81. The van der Waals surface area contributed by atoms with Crippen molar-refractivity contribution < 1.29 is 19.2 Å². The second-order valence-corrected chi connectivity index (χ2v) is 10.8. The van der Waals surface area contributed by atoms with E-state index in [0.29, 0.717) is 38.0 Å². The van der Waals surface area contributed by atoms with Gasteiger partial charge in [-0.2, -0.15) is 0 Å². The topological polar surface area (TPSA) is 78.0 Å². The van der Waals surface area contributed by atoms with E-state index in [2.05, 4.69) is 41.5 Å². The molecule has 2 amide bonds. The van der Waals surface area contributed by atoms with Gasteiger partial charge in [-0.25, -0.2) is 0 Å². The number of amides is 2. The predicted octanol–water partition coefficient (Wildman–Crippen LogP) is 2.50. The lowest BCUT2D eigenvalue weighted by Crippen LogP contribution is -2.45. The fourth-order valence-corrected chi connectivity index (χ4v) is 3.36. The summed E-state index contributed by atoms with van der Waals surface area (Å²) in [6, 6.07) is 0. The Morgan fingerprint density at radius 3 is 1.80 bits per heavy atom. The number of carbonyl (C=O) groups excluding carboxylic acids is 4. The molecule has 0 N–H and O–H groups in total. The van der Waals surface area contributed by atoms with Crippen molar-refractivity contribution >= 4 is 23.4 Å². The van der Waals surface area contributed by atoms with Crippen LogP contribution in [0.1, 0.15) is 60.8 Å². The van der Waals surface area contributed by atoms with Crippen molar-refractivity contribution in [3.63, 3.8) is 0 Å². The summed E-state index contributed by atoms with van der Waals surface area (Å²) in [4.78, 5) is 51.5. The summed E-state index contributed by atoms with van der Waals surface area (Å²) in [6.45, 7) is 15.1. The lowest BCUT2D eigenvalue weighted by Gasteiger charge is -2.33. The Morgan fingerprint density at radius 2 is 1.33 bits per heavy atom. The minimum Gasteiger partial charge on any atom is -0.383 e. The lowest BCUT2D eigenvalue weighted by molar-refractivity contribution is -0.140. The molecule has 170 valence electrons. The standard InChI is InChI=1S/C13H22N2O2.C10H17NO2/c1-13(2,3)9-15-7-6-11(16)10(12(15)17)8-14(4)5;1-10(2,3)7-11-5-4-8(12)6-9(11)13/h8H,6-7,9H2,1-5H3;4-7H2,1-3H3. The quantitative estimate of drug-likeness (QED) is 0.397. The van der Waals surface area contributed by atoms with E-state index in [1.54, 1.807) is 20.9 Å². The second-order valence-electron chi connectivity index (χ2n) is 10.8. The van der Waals surface area contributed by atoms with E-state index in [9.17, 15) is 19.2 Å². The molecule has 2 heterocycles. The van der Waals surface area contributed by atoms with Crippen LogP contribution in [0.25, 0.3) is 0 Å². The molecule has 0 atom stereocenters. The fourth-order valence-electron chi connectivity index (χ4n) is 3.36. The number of nitrogens with zero attached hydrogens (tertiary/aromatic N) is 3. The molecular formula is C23H39N3O4. The van der Waals surface area contributed by atoms with Gasteiger partial charge in [0, 0.05) is 59.3 Å². The molecule has 30 heavy (non-hydrogen) atoms. The van der Waals surface area contributed by atoms with Gasteiger partial charge in [0.25, 0.3) is 5.91 Å². The van der Waals surface area contributed by atoms with E-state index < -0.39 is 0 Å². The predicted molar refractivity (Wildman–Crippen MR) is 118 cm³/mol. The van der Waals surface area contributed by atoms with Crippen molar-refractivity contribution in [3.05, 3.63) is 11.8 Å². The van der Waals surface area contributed by atoms with Gasteiger partial charge in [-0.1, -0.05) is 41.5 Å². The maximum atomic E-state index is 12.2. The molecule has 7 nitrogen and oxygen atoms in total. The van der Waals surface area contributed by atoms with Gasteiger partial charge in [0.1, 0.15) is 5.78 Å². The summed E-state index contributed by atoms with van der Waals surface area (Å²) in [5.41, 5.74) is 0.487. The van der Waals surface area contributed by atoms with Crippen molar-refractivity contribution in [1.29, 1.82) is 0 Å². The lowest BCUT2D eigenvalue weighted by atomic mass is 9.93. The zero-order valence-corrected chi connectivity index (χ0v) is 20.0. The first kappa shape index (κ1) is 25.9. The molecule has 0 unspecified atom stereocenters. The van der Waals surface area contributed by atoms with Gasteiger partial charge in [0.2, 0.25) is 5.91 Å². The number of hydrogen-bond acceptors (Lipinski definition) is 5. The third-order valence-electron chi connectivity index (χ3n) is 4.51. The highest BCUT2D eigenvalue weighted by molar-refractivity contribution is 6.20. The zero-order valence-electron chi connectivity index (χ0n) is 20.0. The third-order valence-corrected chi connectivity index (χ3v) is 4.51. The van der Waals surface area contributed by atoms with Gasteiger partial charge >= 0.3 is 0 Å². The number of Topliss-reactive ketones (excluding diaryl/α,β-unsaturated/α-hetero) is 2. The van der Waals surface area contributed by atoms with Crippen LogP contribution in [0.2, 0.25) is 0 Å². The van der Waals surface area contributed by atoms with Crippen LogP contribution in [-0.2, 0) is 19.2 Å². The highest BCUT2D eigenvalue weighted by Gasteiger charge is 2.32. The number of carbonyl (C=O) groups is 4. The SMILES string of the molecule is CC(C)(C)CN1CCC(=O)CC1=O.CN(C)C=C1C(=O)CCN(CC(C)(C)C)C1=O. The first-order valence-corrected chi connectivity index (χ1v) is 10.6. The minimum atomic E-state index is -0.134. The molecule has 0 radical (unpaired) electrons. The summed E-state index contributed by atoms with van der Waals surface area (Å²) in [6.07, 6.45) is 2.69. The van der Waals surface area contributed by atoms with Crippen molar-refractivity contribution in [3.8, 4) is 0 Å². The highest BCUT2D eigenvalue weighted by atomic mass is 16.2. The molecule has 0 aromatic rings. The van der Waals surface area contributed by atoms with Crippen LogP contribution < -0.4 is 0 Å². The Labute approximate surface area is 181 Å². The van der Waals surface area contributed by atoms with Gasteiger partial charge in [-0.3, -0.25) is 19.2 Å². The van der Waals surface area contributed by atoms with Crippen LogP contribution in [0.4, 0.5) is 0 Å². The van der Waals surface area contributed by atoms with E-state index in [4.69, 9.17) is 0 Å². The van der Waals surface area contributed by atoms with Crippen LogP contribution in [0.15, 0.2) is 11.8 Å². The molecular weight excluding hydrogens is 382 g/mol. The number of hydrogen-bond donors (Lipinski definition) is 0. The monoisotopic (exact) mass is 421 g/mol. The molecule has 2 fully saturated rings. The fraction of sp³-hybridized carbons (Fsp3) is 0.739. The molecule has 0 spiro atoms. The minimum absolute atomic E-state index is 0.00817. The van der Waals surface area contributed by atoms with Crippen LogP contribution >= 0.6 is 0 Å². The molecule has 0 aromatic carbocycles. The van der Waals surface area contributed by atoms with E-state index in [0.717, 1.165) is 6.54 Å². The number of piperidine rings is 2. The van der Waals surface area contributed by atoms with Crippen molar-refractivity contribution in [2.75, 3.05) is 40.3 Å². The average Bonchev–Trinajstić information content (AvgIpc) is 2.55. The number of ketones is 2. The largest absolute Gasteiger partial charge is 0.383 e. The zero-order chi connectivity index (χ0) is 23.3. The summed E-state index contributed by atoms with van der Waals surface area (Å²) >= 11 is 0. The van der Waals surface area contributed by atoms with Crippen molar-refractivity contribution in [2.45, 2.75) is 60.8 Å². The van der Waals surface area contributed by atoms with Gasteiger partial charge in [-0.05, 0) is 10.8 Å². The van der Waals surface area contributed by atoms with Crippen LogP contribution in [-0.4, -0.2) is 78.4 Å². The molecule has 0 bridgehead atoms. The van der Waals surface area contributed by atoms with E-state index in [-0.39, 0.29) is 40.6 Å². The second kappa shape index (κ2) is 10.2. The van der Waals surface area contributed by atoms with Gasteiger partial charge in [0.15, 0.2) is 5.78 Å². The number of rotatable bonds is 3. The Balaban J connectivity index is 0.000000311. The van der Waals surface area contributed by atoms with E-state index >= 15 is 0 Å². The molecule has 2 aliphatic heterocycles. The van der Waals surface area contributed by atoms with Crippen LogP contribution in [0, 0.1) is 10.8 Å². The molecule has 7 heteroatoms. The first-order valence-electron chi connectivity index (χ1n) is 10.6. The van der Waals surface area contributed by atoms with Crippen molar-refractivity contribution in [2.24, 2.45) is 10.8 Å². The van der Waals surface area contributed by atoms with Gasteiger partial charge in [0.05, 0.1) is 12.0 Å². The Hall–Kier alpha value is -2.18. The van der Waals surface area contributed by atoms with Gasteiger partial charge < -0.3 is 14.7 Å². The van der Waals surface area contributed by atoms with Crippen molar-refractivity contribution in [1.82, 2.24) is 14.7 Å². The van der Waals surface area contributed by atoms with Crippen LogP contribution in [0.3, 0.4) is 0 Å². The molecule has 2 aliphatic rings. The molecule has 0 aliphatic carbocycles. The summed E-state index contributed by atoms with van der Waals surface area (Å²) in [5.74, 6) is -0.111. The third kappa shape index (κ3) is 9.09. The maximum Gasteiger partial charge on any atom is 0.258 e. The average molecular weight is 422 g/mol. The molecule has 2 saturated heterocycles. The Bertz CT molecular complexity index is 696. The van der Waals surface area contributed by atoms with Gasteiger partial charge in [-0.15, -0.1) is 0 Å². The Morgan fingerprint density at radius 1 is 0.833 bits per heavy atom. The number of likely N-dealkylation sites (tertiary alicyclic amines) is 2. The normalized spacial score (nSPS) is 19.8. The van der Waals surface area contributed by atoms with Crippen LogP contribution in [0.5, 0.6) is 0 Å². The van der Waals surface area contributed by atoms with E-state index in [1.807, 2.05) is 14.1 Å². The van der Waals surface area contributed by atoms with E-state index in [1.165, 1.54) is 0 Å². The first-order chi connectivity index (χ1) is 13.6. The molecule has 0 saturated carbocycles. The summed E-state index contributed by atoms with van der Waals surface area (Å²) in [5, 5.41) is 0. The summed E-state index contributed by atoms with van der Waals surface area (Å²) < 4.78 is 0. The molecule has 2 rings (SSSR count).